The number of methoxy groups -OCH3 is 1. The molecule has 0 aromatic heterocycles. The molecule has 0 spiro atoms. The average molecular weight is 360 g/mol. The number of carbonyl (C=O) groups excluding carboxylic acids is 1. The molecule has 144 valence electrons. The summed E-state index contributed by atoms with van der Waals surface area (Å²) in [4.78, 5) is 12.2. The summed E-state index contributed by atoms with van der Waals surface area (Å²) in [6, 6.07) is 0. The number of rotatable bonds is 3. The van der Waals surface area contributed by atoms with Gasteiger partial charge in [0.1, 0.15) is 24.4 Å². The molecule has 3 fully saturated rings. The molecule has 3 aliphatic rings. The Balaban J connectivity index is 1.85. The molecule has 0 unspecified atom stereocenters. The van der Waals surface area contributed by atoms with E-state index in [9.17, 15) is 4.79 Å². The summed E-state index contributed by atoms with van der Waals surface area (Å²) < 4.78 is 40.3. The van der Waals surface area contributed by atoms with Crippen molar-refractivity contribution in [2.45, 2.75) is 89.4 Å². The van der Waals surface area contributed by atoms with Gasteiger partial charge in [-0.1, -0.05) is 0 Å². The van der Waals surface area contributed by atoms with Crippen LogP contribution in [-0.4, -0.2) is 67.6 Å². The lowest BCUT2D eigenvalue weighted by Crippen LogP contribution is -2.49. The van der Waals surface area contributed by atoms with Gasteiger partial charge >= 0.3 is 5.97 Å². The van der Waals surface area contributed by atoms with E-state index < -0.39 is 47.7 Å². The second kappa shape index (κ2) is 6.14. The fourth-order valence-corrected chi connectivity index (χ4v) is 3.56. The highest BCUT2D eigenvalue weighted by molar-refractivity contribution is 5.75. The molecule has 25 heavy (non-hydrogen) atoms. The van der Waals surface area contributed by atoms with E-state index in [-0.39, 0.29) is 6.10 Å². The molecular weight excluding hydrogens is 332 g/mol. The maximum Gasteiger partial charge on any atom is 0.337 e. The number of hydrogen-bond acceptors (Lipinski definition) is 8. The maximum absolute atomic E-state index is 12.2. The molecule has 0 aromatic rings. The van der Waals surface area contributed by atoms with Gasteiger partial charge in [0.2, 0.25) is 0 Å². The van der Waals surface area contributed by atoms with Crippen LogP contribution in [0.15, 0.2) is 0 Å². The molecule has 5 atom stereocenters. The lowest BCUT2D eigenvalue weighted by Gasteiger charge is -2.28. The largest absolute Gasteiger partial charge is 0.467 e. The normalized spacial score (nSPS) is 41.8. The highest BCUT2D eigenvalue weighted by Crippen LogP contribution is 2.41. The first kappa shape index (κ1) is 19.0. The molecule has 0 N–H and O–H groups in total. The minimum Gasteiger partial charge on any atom is -0.467 e. The molecule has 8 nitrogen and oxygen atoms in total. The smallest absolute Gasteiger partial charge is 0.337 e. The third-order valence-corrected chi connectivity index (χ3v) is 4.45. The van der Waals surface area contributed by atoms with Crippen molar-refractivity contribution in [2.75, 3.05) is 13.7 Å². The van der Waals surface area contributed by atoms with Gasteiger partial charge in [0, 0.05) is 0 Å². The van der Waals surface area contributed by atoms with Crippen molar-refractivity contribution >= 4 is 5.97 Å². The van der Waals surface area contributed by atoms with E-state index in [0.29, 0.717) is 6.61 Å². The first-order chi connectivity index (χ1) is 11.4. The summed E-state index contributed by atoms with van der Waals surface area (Å²) in [7, 11) is 1.32. The van der Waals surface area contributed by atoms with Crippen LogP contribution in [0.5, 0.6) is 0 Å². The second-order valence-corrected chi connectivity index (χ2v) is 7.98. The zero-order chi connectivity index (χ0) is 18.6. The summed E-state index contributed by atoms with van der Waals surface area (Å²) in [6.45, 7) is 11.2. The maximum atomic E-state index is 12.2. The van der Waals surface area contributed by atoms with Gasteiger partial charge in [-0.15, -0.1) is 0 Å². The van der Waals surface area contributed by atoms with Crippen LogP contribution < -0.4 is 0 Å². The SMILES string of the molecule is COC(=O)[C@H]1OC(C)(C)O[C@H]1[C@H]1OC(C)(C)O[C@@H]1[C@@H]1COC(C)(C)O1. The van der Waals surface area contributed by atoms with Gasteiger partial charge in [0.15, 0.2) is 23.5 Å². The molecule has 0 saturated carbocycles. The van der Waals surface area contributed by atoms with Crippen molar-refractivity contribution < 1.29 is 38.0 Å². The van der Waals surface area contributed by atoms with Crippen LogP contribution >= 0.6 is 0 Å². The predicted molar refractivity (Wildman–Crippen MR) is 84.6 cm³/mol. The standard InChI is InChI=1S/C17H28O8/c1-15(2)20-8-9(21-15)10-11(23-16(3,4)22-10)12-13(14(18)19-7)25-17(5,6)24-12/h9-13H,8H2,1-7H3/t9-,10+,11-,12-,13-/m0/s1. The quantitative estimate of drug-likeness (QED) is 0.698. The van der Waals surface area contributed by atoms with E-state index in [1.165, 1.54) is 7.11 Å². The molecule has 8 heteroatoms. The van der Waals surface area contributed by atoms with Gasteiger partial charge in [0.25, 0.3) is 0 Å². The van der Waals surface area contributed by atoms with Crippen LogP contribution in [0, 0.1) is 0 Å². The first-order valence-electron chi connectivity index (χ1n) is 8.54. The summed E-state index contributed by atoms with van der Waals surface area (Å²) >= 11 is 0. The average Bonchev–Trinajstić information content (AvgIpc) is 3.10. The zero-order valence-corrected chi connectivity index (χ0v) is 15.9. The van der Waals surface area contributed by atoms with Crippen LogP contribution in [0.2, 0.25) is 0 Å². The molecule has 0 aromatic carbocycles. The van der Waals surface area contributed by atoms with Crippen molar-refractivity contribution in [1.82, 2.24) is 0 Å². The Labute approximate surface area is 148 Å². The van der Waals surface area contributed by atoms with E-state index in [4.69, 9.17) is 33.2 Å². The van der Waals surface area contributed by atoms with E-state index in [1.54, 1.807) is 13.8 Å². The fraction of sp³-hybridized carbons (Fsp3) is 0.941. The van der Waals surface area contributed by atoms with Crippen molar-refractivity contribution in [3.8, 4) is 0 Å². The topological polar surface area (TPSA) is 81.7 Å². The summed E-state index contributed by atoms with van der Waals surface area (Å²) in [5.41, 5.74) is 0. The van der Waals surface area contributed by atoms with E-state index >= 15 is 0 Å². The van der Waals surface area contributed by atoms with Crippen LogP contribution in [0.3, 0.4) is 0 Å². The molecule has 3 saturated heterocycles. The second-order valence-electron chi connectivity index (χ2n) is 7.98. The van der Waals surface area contributed by atoms with Gasteiger partial charge in [-0.05, 0) is 41.5 Å². The van der Waals surface area contributed by atoms with Gasteiger partial charge in [-0.3, -0.25) is 0 Å². The van der Waals surface area contributed by atoms with E-state index in [1.807, 2.05) is 27.7 Å². The molecule has 3 rings (SSSR count). The number of ether oxygens (including phenoxy) is 7. The summed E-state index contributed by atoms with van der Waals surface area (Å²) in [5.74, 6) is -2.98. The number of esters is 1. The minimum absolute atomic E-state index is 0.340. The Morgan fingerprint density at radius 2 is 1.36 bits per heavy atom. The minimum atomic E-state index is -0.934. The molecular formula is C17H28O8. The Kier molecular flexibility index (Phi) is 4.67. The predicted octanol–water partition coefficient (Wildman–Crippen LogP) is 1.35. The van der Waals surface area contributed by atoms with E-state index in [2.05, 4.69) is 0 Å². The lowest BCUT2D eigenvalue weighted by molar-refractivity contribution is -0.178. The van der Waals surface area contributed by atoms with E-state index in [0.717, 1.165) is 0 Å². The number of hydrogen-bond donors (Lipinski definition) is 0. The van der Waals surface area contributed by atoms with Crippen molar-refractivity contribution in [2.24, 2.45) is 0 Å². The fourth-order valence-electron chi connectivity index (χ4n) is 3.56. The van der Waals surface area contributed by atoms with Gasteiger partial charge < -0.3 is 33.2 Å². The Morgan fingerprint density at radius 1 is 0.800 bits per heavy atom. The summed E-state index contributed by atoms with van der Waals surface area (Å²) in [6.07, 6.45) is -2.95. The van der Waals surface area contributed by atoms with Crippen LogP contribution in [0.25, 0.3) is 0 Å². The Morgan fingerprint density at radius 3 is 1.92 bits per heavy atom. The lowest BCUT2D eigenvalue weighted by atomic mass is 9.99. The highest BCUT2D eigenvalue weighted by atomic mass is 16.8. The van der Waals surface area contributed by atoms with Crippen molar-refractivity contribution in [3.63, 3.8) is 0 Å². The molecule has 0 amide bonds. The van der Waals surface area contributed by atoms with Crippen LogP contribution in [0.1, 0.15) is 41.5 Å². The zero-order valence-electron chi connectivity index (χ0n) is 15.9. The third-order valence-electron chi connectivity index (χ3n) is 4.45. The molecule has 0 radical (unpaired) electrons. The van der Waals surface area contributed by atoms with Crippen molar-refractivity contribution in [3.05, 3.63) is 0 Å². The Hall–Kier alpha value is -0.770. The van der Waals surface area contributed by atoms with Crippen LogP contribution in [0.4, 0.5) is 0 Å². The van der Waals surface area contributed by atoms with Crippen molar-refractivity contribution in [1.29, 1.82) is 0 Å². The molecule has 0 aliphatic carbocycles. The Bertz CT molecular complexity index is 529. The molecule has 0 bridgehead atoms. The monoisotopic (exact) mass is 360 g/mol. The van der Waals surface area contributed by atoms with Crippen LogP contribution in [-0.2, 0) is 38.0 Å². The number of carbonyl (C=O) groups is 1. The van der Waals surface area contributed by atoms with Gasteiger partial charge in [0.05, 0.1) is 13.7 Å². The summed E-state index contributed by atoms with van der Waals surface area (Å²) in [5, 5.41) is 0. The van der Waals surface area contributed by atoms with Gasteiger partial charge in [-0.2, -0.15) is 0 Å². The van der Waals surface area contributed by atoms with Gasteiger partial charge in [-0.25, -0.2) is 4.79 Å². The first-order valence-corrected chi connectivity index (χ1v) is 8.54. The molecule has 3 aliphatic heterocycles. The third kappa shape index (κ3) is 3.84. The highest BCUT2D eigenvalue weighted by Gasteiger charge is 2.59. The molecule has 3 heterocycles.